The maximum Gasteiger partial charge on any atom is 0.294 e. The standard InChI is InChI=1S/C22H28N6O9S4/c1-28(9-12-40(32,33)34)22-26-20(13-15-5-2-3-6-19(15)41(35,36)37)25-21(27-22)24-16-7-8-18(17(23)14-16)38-10-4-11-39(29,30)31/h2-3,5-8,14H,4,9-13,23H2,1H3,(H,29,30,31)(H,32,33,34)(H,35,36,37)(H,24,25,26,27). The molecule has 1 aromatic heterocycles. The second-order valence-corrected chi connectivity index (χ2v) is 14.4. The van der Waals surface area contributed by atoms with Gasteiger partial charge in [-0.3, -0.25) is 13.7 Å². The van der Waals surface area contributed by atoms with Crippen molar-refractivity contribution in [1.82, 2.24) is 15.0 Å². The molecule has 0 aliphatic heterocycles. The Morgan fingerprint density at radius 2 is 1.61 bits per heavy atom. The van der Waals surface area contributed by atoms with Gasteiger partial charge < -0.3 is 16.0 Å². The maximum atomic E-state index is 11.8. The van der Waals surface area contributed by atoms with Crippen LogP contribution in [0.25, 0.3) is 0 Å². The molecular weight excluding hydrogens is 621 g/mol. The summed E-state index contributed by atoms with van der Waals surface area (Å²) in [6.07, 6.45) is 0.0960. The summed E-state index contributed by atoms with van der Waals surface area (Å²) >= 11 is 1.31. The summed E-state index contributed by atoms with van der Waals surface area (Å²) in [5, 5.41) is 2.97. The van der Waals surface area contributed by atoms with E-state index in [4.69, 9.17) is 14.8 Å². The lowest BCUT2D eigenvalue weighted by molar-refractivity contribution is 0.480. The number of nitrogens with zero attached hydrogens (tertiary/aromatic N) is 4. The number of anilines is 4. The molecule has 0 atom stereocenters. The average Bonchev–Trinajstić information content (AvgIpc) is 2.84. The molecule has 19 heteroatoms. The third-order valence-electron chi connectivity index (χ3n) is 5.37. The predicted octanol–water partition coefficient (Wildman–Crippen LogP) is 1.73. The summed E-state index contributed by atoms with van der Waals surface area (Å²) < 4.78 is 95.5. The van der Waals surface area contributed by atoms with Crippen molar-refractivity contribution in [3.8, 4) is 0 Å². The van der Waals surface area contributed by atoms with Crippen molar-refractivity contribution in [3.63, 3.8) is 0 Å². The van der Waals surface area contributed by atoms with Crippen molar-refractivity contribution >= 4 is 65.4 Å². The van der Waals surface area contributed by atoms with E-state index in [1.54, 1.807) is 24.3 Å². The van der Waals surface area contributed by atoms with Crippen LogP contribution in [-0.2, 0) is 36.8 Å². The molecule has 0 bridgehead atoms. The number of nitrogen functional groups attached to an aromatic ring is 1. The third kappa shape index (κ3) is 10.7. The summed E-state index contributed by atoms with van der Waals surface area (Å²) in [5.74, 6) is -0.440. The number of nitrogens with one attached hydrogen (secondary N) is 1. The van der Waals surface area contributed by atoms with Crippen LogP contribution in [0.1, 0.15) is 17.8 Å². The Labute approximate surface area is 241 Å². The number of benzene rings is 2. The van der Waals surface area contributed by atoms with E-state index in [-0.39, 0.29) is 53.3 Å². The first-order valence-corrected chi connectivity index (χ1v) is 17.4. The number of nitrogens with two attached hydrogens (primary N) is 1. The van der Waals surface area contributed by atoms with Crippen LogP contribution >= 0.6 is 11.8 Å². The molecule has 224 valence electrons. The van der Waals surface area contributed by atoms with Gasteiger partial charge in [0.25, 0.3) is 30.4 Å². The van der Waals surface area contributed by atoms with Crippen molar-refractivity contribution in [3.05, 3.63) is 53.9 Å². The molecule has 0 radical (unpaired) electrons. The van der Waals surface area contributed by atoms with E-state index in [2.05, 4.69) is 20.3 Å². The van der Waals surface area contributed by atoms with Crippen molar-refractivity contribution in [1.29, 1.82) is 0 Å². The van der Waals surface area contributed by atoms with Crippen LogP contribution < -0.4 is 16.0 Å². The van der Waals surface area contributed by atoms with E-state index in [0.29, 0.717) is 22.0 Å². The van der Waals surface area contributed by atoms with Crippen LogP contribution in [0.3, 0.4) is 0 Å². The van der Waals surface area contributed by atoms with E-state index < -0.39 is 36.1 Å². The maximum absolute atomic E-state index is 11.8. The first-order chi connectivity index (χ1) is 19.0. The van der Waals surface area contributed by atoms with Crippen molar-refractivity contribution in [2.75, 3.05) is 46.8 Å². The predicted molar refractivity (Wildman–Crippen MR) is 154 cm³/mol. The molecule has 0 saturated carbocycles. The lowest BCUT2D eigenvalue weighted by Crippen LogP contribution is -2.27. The minimum Gasteiger partial charge on any atom is -0.398 e. The zero-order chi connectivity index (χ0) is 30.4. The van der Waals surface area contributed by atoms with Crippen LogP contribution in [-0.4, -0.2) is 84.7 Å². The lowest BCUT2D eigenvalue weighted by atomic mass is 10.1. The third-order valence-corrected chi connectivity index (χ3v) is 9.00. The number of hydrogen-bond acceptors (Lipinski definition) is 13. The molecule has 0 saturated heterocycles. The Morgan fingerprint density at radius 3 is 2.24 bits per heavy atom. The molecule has 3 aromatic rings. The molecule has 0 amide bonds. The molecule has 1 heterocycles. The number of aromatic nitrogens is 3. The van der Waals surface area contributed by atoms with Crippen LogP contribution in [0.2, 0.25) is 0 Å². The van der Waals surface area contributed by atoms with Gasteiger partial charge in [-0.05, 0) is 42.0 Å². The highest BCUT2D eigenvalue weighted by molar-refractivity contribution is 7.99. The van der Waals surface area contributed by atoms with Gasteiger partial charge in [0.1, 0.15) is 5.82 Å². The van der Waals surface area contributed by atoms with Gasteiger partial charge in [0, 0.05) is 36.3 Å². The summed E-state index contributed by atoms with van der Waals surface area (Å²) in [7, 11) is -11.4. The second-order valence-electron chi connectivity index (χ2n) is 8.71. The van der Waals surface area contributed by atoms with E-state index in [9.17, 15) is 29.8 Å². The van der Waals surface area contributed by atoms with Gasteiger partial charge in [-0.2, -0.15) is 40.2 Å². The van der Waals surface area contributed by atoms with E-state index in [1.807, 2.05) is 0 Å². The highest BCUT2D eigenvalue weighted by atomic mass is 32.2. The molecule has 0 unspecified atom stereocenters. The van der Waals surface area contributed by atoms with Gasteiger partial charge in [0.05, 0.1) is 16.4 Å². The number of rotatable bonds is 14. The topological polar surface area (TPSA) is 243 Å². The molecule has 41 heavy (non-hydrogen) atoms. The minimum atomic E-state index is -4.54. The smallest absolute Gasteiger partial charge is 0.294 e. The molecule has 0 spiro atoms. The summed E-state index contributed by atoms with van der Waals surface area (Å²) in [4.78, 5) is 14.7. The van der Waals surface area contributed by atoms with Crippen LogP contribution in [0.5, 0.6) is 0 Å². The van der Waals surface area contributed by atoms with Crippen molar-refractivity contribution in [2.24, 2.45) is 0 Å². The number of thioether (sulfide) groups is 1. The number of hydrogen-bond donors (Lipinski definition) is 5. The molecule has 2 aromatic carbocycles. The van der Waals surface area contributed by atoms with E-state index in [1.165, 1.54) is 41.9 Å². The first-order valence-electron chi connectivity index (χ1n) is 11.7. The summed E-state index contributed by atoms with van der Waals surface area (Å²) in [6.45, 7) is -0.167. The van der Waals surface area contributed by atoms with Gasteiger partial charge in [-0.15, -0.1) is 11.8 Å². The van der Waals surface area contributed by atoms with Gasteiger partial charge in [0.15, 0.2) is 0 Å². The Bertz CT molecular complexity index is 1720. The fraction of sp³-hybridized carbons (Fsp3) is 0.318. The van der Waals surface area contributed by atoms with Gasteiger partial charge in [-0.25, -0.2) is 0 Å². The molecule has 0 aliphatic rings. The normalized spacial score (nSPS) is 12.3. The van der Waals surface area contributed by atoms with Crippen molar-refractivity contribution < 1.29 is 38.9 Å². The van der Waals surface area contributed by atoms with Gasteiger partial charge >= 0.3 is 0 Å². The first kappa shape index (κ1) is 32.4. The fourth-order valence-corrected chi connectivity index (χ4v) is 6.26. The Morgan fingerprint density at radius 1 is 0.927 bits per heavy atom. The molecular formula is C22H28N6O9S4. The van der Waals surface area contributed by atoms with E-state index >= 15 is 0 Å². The monoisotopic (exact) mass is 648 g/mol. The zero-order valence-corrected chi connectivity index (χ0v) is 24.8. The fourth-order valence-electron chi connectivity index (χ4n) is 3.45. The van der Waals surface area contributed by atoms with Crippen LogP contribution in [0, 0.1) is 0 Å². The van der Waals surface area contributed by atoms with Crippen LogP contribution in [0.4, 0.5) is 23.3 Å². The molecule has 3 rings (SSSR count). The Balaban J connectivity index is 1.89. The van der Waals surface area contributed by atoms with Crippen molar-refractivity contribution in [2.45, 2.75) is 22.6 Å². The quantitative estimate of drug-likeness (QED) is 0.0723. The lowest BCUT2D eigenvalue weighted by Gasteiger charge is -2.18. The Kier molecular flexibility index (Phi) is 10.5. The molecule has 15 nitrogen and oxygen atoms in total. The van der Waals surface area contributed by atoms with Gasteiger partial charge in [-0.1, -0.05) is 18.2 Å². The highest BCUT2D eigenvalue weighted by Crippen LogP contribution is 2.29. The largest absolute Gasteiger partial charge is 0.398 e. The zero-order valence-electron chi connectivity index (χ0n) is 21.6. The molecule has 6 N–H and O–H groups in total. The average molecular weight is 649 g/mol. The summed E-state index contributed by atoms with van der Waals surface area (Å²) in [6, 6.07) is 10.7. The Hall–Kier alpha value is -3.07. The molecule has 0 aliphatic carbocycles. The van der Waals surface area contributed by atoms with E-state index in [0.717, 1.165) is 0 Å². The molecule has 0 fully saturated rings. The highest BCUT2D eigenvalue weighted by Gasteiger charge is 2.19. The second kappa shape index (κ2) is 13.3. The van der Waals surface area contributed by atoms with Crippen LogP contribution in [0.15, 0.2) is 52.3 Å². The van der Waals surface area contributed by atoms with Gasteiger partial charge in [0.2, 0.25) is 11.9 Å². The summed E-state index contributed by atoms with van der Waals surface area (Å²) in [5.41, 5.74) is 7.18. The SMILES string of the molecule is CN(CCS(=O)(=O)O)c1nc(Cc2ccccc2S(=O)(=O)O)nc(Nc2ccc(SCCCS(=O)(=O)O)c(N)c2)n1. The minimum absolute atomic E-state index is 0.0148.